The van der Waals surface area contributed by atoms with Gasteiger partial charge >= 0.3 is 0 Å². The van der Waals surface area contributed by atoms with E-state index in [1.807, 2.05) is 29.0 Å². The second kappa shape index (κ2) is 6.02. The first-order valence-electron chi connectivity index (χ1n) is 6.71. The standard InChI is InChI=1S/C14H21N3O2/c1-11(18)12-5-6-13(15-9-12)16(2)10-14(19)17-7-3-4-8-17/h5-6,9,11,18H,3-4,7-8,10H2,1-2H3/t11-/m1/s1. The van der Waals surface area contributed by atoms with E-state index in [9.17, 15) is 9.90 Å². The number of likely N-dealkylation sites (tertiary alicyclic amines) is 1. The third kappa shape index (κ3) is 3.44. The second-order valence-corrected chi connectivity index (χ2v) is 5.07. The van der Waals surface area contributed by atoms with Gasteiger partial charge in [0.2, 0.25) is 5.91 Å². The van der Waals surface area contributed by atoms with E-state index in [1.54, 1.807) is 13.1 Å². The monoisotopic (exact) mass is 263 g/mol. The summed E-state index contributed by atoms with van der Waals surface area (Å²) in [6, 6.07) is 3.67. The van der Waals surface area contributed by atoms with E-state index in [1.165, 1.54) is 0 Å². The highest BCUT2D eigenvalue weighted by Crippen LogP contribution is 2.15. The molecule has 1 N–H and O–H groups in total. The Kier molecular flexibility index (Phi) is 4.37. The summed E-state index contributed by atoms with van der Waals surface area (Å²) in [4.78, 5) is 20.0. The van der Waals surface area contributed by atoms with Crippen LogP contribution in [0.25, 0.3) is 0 Å². The van der Waals surface area contributed by atoms with Crippen LogP contribution in [0.3, 0.4) is 0 Å². The second-order valence-electron chi connectivity index (χ2n) is 5.07. The fourth-order valence-corrected chi connectivity index (χ4v) is 2.22. The Morgan fingerprint density at radius 1 is 1.47 bits per heavy atom. The molecule has 0 bridgehead atoms. The van der Waals surface area contributed by atoms with Gasteiger partial charge in [-0.3, -0.25) is 4.79 Å². The fraction of sp³-hybridized carbons (Fsp3) is 0.571. The zero-order valence-electron chi connectivity index (χ0n) is 11.5. The molecule has 2 rings (SSSR count). The number of aliphatic hydroxyl groups excluding tert-OH is 1. The molecule has 0 aliphatic carbocycles. The molecule has 2 heterocycles. The van der Waals surface area contributed by atoms with Crippen molar-refractivity contribution in [2.75, 3.05) is 31.6 Å². The van der Waals surface area contributed by atoms with Crippen molar-refractivity contribution < 1.29 is 9.90 Å². The molecule has 1 aliphatic heterocycles. The summed E-state index contributed by atoms with van der Waals surface area (Å²) in [5.74, 6) is 0.901. The number of pyridine rings is 1. The minimum Gasteiger partial charge on any atom is -0.389 e. The van der Waals surface area contributed by atoms with Crippen molar-refractivity contribution in [1.82, 2.24) is 9.88 Å². The maximum Gasteiger partial charge on any atom is 0.242 e. The molecule has 0 saturated carbocycles. The molecular weight excluding hydrogens is 242 g/mol. The van der Waals surface area contributed by atoms with Gasteiger partial charge in [0.05, 0.1) is 12.6 Å². The highest BCUT2D eigenvalue weighted by molar-refractivity contribution is 5.81. The Morgan fingerprint density at radius 2 is 2.16 bits per heavy atom. The quantitative estimate of drug-likeness (QED) is 0.886. The first-order valence-corrected chi connectivity index (χ1v) is 6.71. The first kappa shape index (κ1) is 13.8. The number of nitrogens with zero attached hydrogens (tertiary/aromatic N) is 3. The number of carbonyl (C=O) groups excluding carboxylic acids is 1. The van der Waals surface area contributed by atoms with Crippen molar-refractivity contribution in [2.24, 2.45) is 0 Å². The number of aromatic nitrogens is 1. The van der Waals surface area contributed by atoms with Gasteiger partial charge in [-0.25, -0.2) is 4.98 Å². The number of aliphatic hydroxyl groups is 1. The van der Waals surface area contributed by atoms with Gasteiger partial charge in [-0.15, -0.1) is 0 Å². The van der Waals surface area contributed by atoms with Crippen molar-refractivity contribution in [3.8, 4) is 0 Å². The number of amides is 1. The van der Waals surface area contributed by atoms with Crippen LogP contribution in [-0.4, -0.2) is 47.6 Å². The third-order valence-corrected chi connectivity index (χ3v) is 3.48. The number of hydrogen-bond donors (Lipinski definition) is 1. The molecule has 1 fully saturated rings. The smallest absolute Gasteiger partial charge is 0.242 e. The molecule has 1 aromatic heterocycles. The summed E-state index contributed by atoms with van der Waals surface area (Å²) in [6.07, 6.45) is 3.35. The van der Waals surface area contributed by atoms with Gasteiger partial charge in [0.15, 0.2) is 0 Å². The SMILES string of the molecule is C[C@@H](O)c1ccc(N(C)CC(=O)N2CCCC2)nc1. The van der Waals surface area contributed by atoms with Gasteiger partial charge in [-0.2, -0.15) is 0 Å². The Morgan fingerprint density at radius 3 is 2.68 bits per heavy atom. The normalized spacial score (nSPS) is 16.5. The molecular formula is C14H21N3O2. The lowest BCUT2D eigenvalue weighted by Crippen LogP contribution is -2.37. The van der Waals surface area contributed by atoms with Gasteiger partial charge in [-0.1, -0.05) is 6.07 Å². The van der Waals surface area contributed by atoms with E-state index in [2.05, 4.69) is 4.98 Å². The molecule has 0 unspecified atom stereocenters. The molecule has 0 radical (unpaired) electrons. The zero-order chi connectivity index (χ0) is 13.8. The predicted octanol–water partition coefficient (Wildman–Crippen LogP) is 1.19. The highest BCUT2D eigenvalue weighted by atomic mass is 16.3. The third-order valence-electron chi connectivity index (χ3n) is 3.48. The van der Waals surface area contributed by atoms with Gasteiger partial charge in [0.1, 0.15) is 5.82 Å². The zero-order valence-corrected chi connectivity index (χ0v) is 11.5. The molecule has 1 atom stereocenters. The largest absolute Gasteiger partial charge is 0.389 e. The molecule has 1 aromatic rings. The van der Waals surface area contributed by atoms with Crippen molar-refractivity contribution in [1.29, 1.82) is 0 Å². The van der Waals surface area contributed by atoms with Crippen LogP contribution in [0.1, 0.15) is 31.4 Å². The maximum absolute atomic E-state index is 12.0. The number of carbonyl (C=O) groups is 1. The van der Waals surface area contributed by atoms with Crippen LogP contribution in [0.5, 0.6) is 0 Å². The molecule has 0 spiro atoms. The fourth-order valence-electron chi connectivity index (χ4n) is 2.22. The Labute approximate surface area is 113 Å². The lowest BCUT2D eigenvalue weighted by atomic mass is 10.2. The number of rotatable bonds is 4. The molecule has 5 nitrogen and oxygen atoms in total. The predicted molar refractivity (Wildman–Crippen MR) is 74.0 cm³/mol. The van der Waals surface area contributed by atoms with E-state index in [0.29, 0.717) is 6.54 Å². The minimum absolute atomic E-state index is 0.154. The summed E-state index contributed by atoms with van der Waals surface area (Å²) in [7, 11) is 1.86. The van der Waals surface area contributed by atoms with Crippen LogP contribution in [0.2, 0.25) is 0 Å². The van der Waals surface area contributed by atoms with E-state index in [0.717, 1.165) is 37.3 Å². The number of hydrogen-bond acceptors (Lipinski definition) is 4. The lowest BCUT2D eigenvalue weighted by Gasteiger charge is -2.22. The van der Waals surface area contributed by atoms with Crippen LogP contribution < -0.4 is 4.90 Å². The van der Waals surface area contributed by atoms with Crippen molar-refractivity contribution >= 4 is 11.7 Å². The summed E-state index contributed by atoms with van der Waals surface area (Å²) in [5.41, 5.74) is 0.781. The van der Waals surface area contributed by atoms with Gasteiger partial charge in [0, 0.05) is 26.3 Å². The first-order chi connectivity index (χ1) is 9.08. The summed E-state index contributed by atoms with van der Waals surface area (Å²) < 4.78 is 0. The Bertz CT molecular complexity index is 425. The molecule has 5 heteroatoms. The van der Waals surface area contributed by atoms with Crippen molar-refractivity contribution in [3.63, 3.8) is 0 Å². The average Bonchev–Trinajstić information content (AvgIpc) is 2.92. The van der Waals surface area contributed by atoms with Crippen LogP contribution in [0, 0.1) is 0 Å². The van der Waals surface area contributed by atoms with Gasteiger partial charge < -0.3 is 14.9 Å². The van der Waals surface area contributed by atoms with E-state index < -0.39 is 6.10 Å². The Hall–Kier alpha value is -1.62. The maximum atomic E-state index is 12.0. The molecule has 0 aromatic carbocycles. The lowest BCUT2D eigenvalue weighted by molar-refractivity contribution is -0.128. The summed E-state index contributed by atoms with van der Waals surface area (Å²) in [5, 5.41) is 9.43. The van der Waals surface area contributed by atoms with E-state index in [-0.39, 0.29) is 5.91 Å². The summed E-state index contributed by atoms with van der Waals surface area (Å²) in [6.45, 7) is 3.81. The van der Waals surface area contributed by atoms with Crippen molar-refractivity contribution in [3.05, 3.63) is 23.9 Å². The van der Waals surface area contributed by atoms with Crippen LogP contribution in [0.4, 0.5) is 5.82 Å². The molecule has 1 amide bonds. The van der Waals surface area contributed by atoms with E-state index >= 15 is 0 Å². The van der Waals surface area contributed by atoms with Crippen molar-refractivity contribution in [2.45, 2.75) is 25.9 Å². The highest BCUT2D eigenvalue weighted by Gasteiger charge is 2.19. The molecule has 19 heavy (non-hydrogen) atoms. The van der Waals surface area contributed by atoms with E-state index in [4.69, 9.17) is 0 Å². The number of likely N-dealkylation sites (N-methyl/N-ethyl adjacent to an activating group) is 1. The van der Waals surface area contributed by atoms with Crippen LogP contribution in [0.15, 0.2) is 18.3 Å². The van der Waals surface area contributed by atoms with Crippen LogP contribution in [-0.2, 0) is 4.79 Å². The minimum atomic E-state index is -0.516. The topological polar surface area (TPSA) is 56.7 Å². The van der Waals surface area contributed by atoms with Gasteiger partial charge in [-0.05, 0) is 31.4 Å². The van der Waals surface area contributed by atoms with Gasteiger partial charge in [0.25, 0.3) is 0 Å². The van der Waals surface area contributed by atoms with Crippen LogP contribution >= 0.6 is 0 Å². The number of anilines is 1. The Balaban J connectivity index is 1.95. The molecule has 1 saturated heterocycles. The summed E-state index contributed by atoms with van der Waals surface area (Å²) >= 11 is 0. The molecule has 1 aliphatic rings. The molecule has 104 valence electrons. The average molecular weight is 263 g/mol.